The van der Waals surface area contributed by atoms with Crippen LogP contribution in [0, 0.1) is 0 Å². The molecule has 0 heterocycles. The fourth-order valence-electron chi connectivity index (χ4n) is 9.36. The van der Waals surface area contributed by atoms with Crippen molar-refractivity contribution in [2.24, 2.45) is 0 Å². The van der Waals surface area contributed by atoms with Crippen LogP contribution < -0.4 is 20.4 Å². The predicted molar refractivity (Wildman–Crippen MR) is 338 cm³/mol. The number of carboxylic acids is 4. The van der Waals surface area contributed by atoms with E-state index in [2.05, 4.69) is 76.3 Å². The van der Waals surface area contributed by atoms with Crippen molar-refractivity contribution < 1.29 is 65.4 Å². The molecule has 0 bridgehead atoms. The van der Waals surface area contributed by atoms with Gasteiger partial charge < -0.3 is 39.6 Å². The molecule has 0 fully saturated rings. The number of rotatable bonds is 60. The molecule has 472 valence electrons. The van der Waals surface area contributed by atoms with Gasteiger partial charge in [0.25, 0.3) is 0 Å². The summed E-state index contributed by atoms with van der Waals surface area (Å²) < 4.78 is 0. The van der Waals surface area contributed by atoms with Gasteiger partial charge in [-0.1, -0.05) is 282 Å². The van der Waals surface area contributed by atoms with E-state index in [9.17, 15) is 39.6 Å². The predicted octanol–water partition coefficient (Wildman–Crippen LogP) is 19.1. The van der Waals surface area contributed by atoms with Gasteiger partial charge in [0.1, 0.15) is 0 Å². The smallest absolute Gasteiger partial charge is 0.550 e. The van der Waals surface area contributed by atoms with Crippen LogP contribution in [0.4, 0.5) is 0 Å². The summed E-state index contributed by atoms with van der Waals surface area (Å²) in [5.41, 5.74) is 0. The first-order valence-corrected chi connectivity index (χ1v) is 34.5. The van der Waals surface area contributed by atoms with Crippen molar-refractivity contribution in [3.63, 3.8) is 0 Å². The van der Waals surface area contributed by atoms with E-state index in [0.29, 0.717) is 0 Å². The van der Waals surface area contributed by atoms with E-state index in [1.807, 2.05) is 0 Å². The van der Waals surface area contributed by atoms with E-state index >= 15 is 0 Å². The summed E-state index contributed by atoms with van der Waals surface area (Å²) >= 11 is 0. The standard InChI is InChI=1S/4C18H34O2.Hf/c4*1-2-3-4-5-6-7-8-9-10-11-12-13-14-15-16-17-18(19)20;/h4*9-10H,2-8,11-17H2,1H3,(H,19,20);/q;;;;+4/p-4/b4*10-9-;. The topological polar surface area (TPSA) is 161 Å². The van der Waals surface area contributed by atoms with Gasteiger partial charge in [-0.2, -0.15) is 0 Å². The third-order valence-corrected chi connectivity index (χ3v) is 14.6. The number of carboxylic acid groups (broad SMARTS) is 4. The zero-order valence-electron chi connectivity index (χ0n) is 54.0. The number of carbonyl (C=O) groups excluding carboxylic acids is 4. The van der Waals surface area contributed by atoms with E-state index in [-0.39, 0.29) is 51.5 Å². The van der Waals surface area contributed by atoms with Crippen LogP contribution in [0.3, 0.4) is 0 Å². The maximum absolute atomic E-state index is 10.2. The van der Waals surface area contributed by atoms with Crippen molar-refractivity contribution in [3.8, 4) is 0 Å². The number of carbonyl (C=O) groups is 4. The average Bonchev–Trinajstić information content (AvgIpc) is 3.43. The van der Waals surface area contributed by atoms with Crippen LogP contribution in [-0.4, -0.2) is 23.9 Å². The molecule has 0 aliphatic rings. The SMILES string of the molecule is CCCCCCCC/C=C\CCCCCCCC(=O)[O-].CCCCCCCC/C=C\CCCCCCCC(=O)[O-].CCCCCCCC/C=C\CCCCCCCC(=O)[O-].CCCCCCCC/C=C\CCCCCCCC(=O)[O-].[Hf+4]. The summed E-state index contributed by atoms with van der Waals surface area (Å²) in [4.78, 5) is 40.9. The van der Waals surface area contributed by atoms with Crippen LogP contribution in [0.1, 0.15) is 387 Å². The summed E-state index contributed by atoms with van der Waals surface area (Å²) in [6, 6.07) is 0. The van der Waals surface area contributed by atoms with Gasteiger partial charge in [-0.25, -0.2) is 0 Å². The monoisotopic (exact) mass is 1300 g/mol. The number of hydrogen-bond donors (Lipinski definition) is 0. The summed E-state index contributed by atoms with van der Waals surface area (Å²) in [7, 11) is 0. The normalized spacial score (nSPS) is 11.1. The Kier molecular flexibility index (Phi) is 90.9. The van der Waals surface area contributed by atoms with Crippen LogP contribution >= 0.6 is 0 Å². The Balaban J connectivity index is -0.000000316. The van der Waals surface area contributed by atoms with E-state index in [4.69, 9.17) is 0 Å². The first-order valence-electron chi connectivity index (χ1n) is 34.5. The molecule has 0 saturated heterocycles. The number of aliphatic carboxylic acids is 4. The summed E-state index contributed by atoms with van der Waals surface area (Å²) in [5.74, 6) is -3.66. The van der Waals surface area contributed by atoms with Crippen LogP contribution in [0.15, 0.2) is 48.6 Å². The molecule has 0 aliphatic carbocycles. The molecule has 0 saturated carbocycles. The average molecular weight is 1300 g/mol. The van der Waals surface area contributed by atoms with Crippen LogP contribution in [-0.2, 0) is 45.0 Å². The quantitative estimate of drug-likeness (QED) is 0.0330. The van der Waals surface area contributed by atoms with Gasteiger partial charge in [0.2, 0.25) is 0 Å². The van der Waals surface area contributed by atoms with Gasteiger partial charge in [-0.15, -0.1) is 0 Å². The number of allylic oxidation sites excluding steroid dienone is 8. The molecule has 0 atom stereocenters. The summed E-state index contributed by atoms with van der Waals surface area (Å²) in [6.45, 7) is 9.02. The van der Waals surface area contributed by atoms with Crippen molar-refractivity contribution in [2.45, 2.75) is 387 Å². The first kappa shape index (κ1) is 87.5. The first-order chi connectivity index (χ1) is 39.1. The molecule has 0 spiro atoms. The van der Waals surface area contributed by atoms with E-state index < -0.39 is 23.9 Å². The summed E-state index contributed by atoms with van der Waals surface area (Å²) in [5, 5.41) is 40.9. The fourth-order valence-corrected chi connectivity index (χ4v) is 9.36. The minimum absolute atomic E-state index is 0. The van der Waals surface area contributed by atoms with Gasteiger partial charge in [-0.05, 0) is 154 Å². The maximum Gasteiger partial charge on any atom is 4.00 e. The van der Waals surface area contributed by atoms with Gasteiger partial charge in [0, 0.05) is 23.9 Å². The van der Waals surface area contributed by atoms with Crippen molar-refractivity contribution in [3.05, 3.63) is 48.6 Å². The minimum atomic E-state index is -0.914. The van der Waals surface area contributed by atoms with E-state index in [1.165, 1.54) is 257 Å². The maximum atomic E-state index is 10.2. The van der Waals surface area contributed by atoms with Gasteiger partial charge in [0.15, 0.2) is 0 Å². The molecular formula is C72H132HfO8. The Morgan fingerprint density at radius 2 is 0.309 bits per heavy atom. The van der Waals surface area contributed by atoms with Crippen molar-refractivity contribution >= 4 is 23.9 Å². The molecule has 0 amide bonds. The van der Waals surface area contributed by atoms with Gasteiger partial charge >= 0.3 is 25.8 Å². The Morgan fingerprint density at radius 3 is 0.432 bits per heavy atom. The van der Waals surface area contributed by atoms with Crippen LogP contribution in [0.2, 0.25) is 0 Å². The van der Waals surface area contributed by atoms with Crippen LogP contribution in [0.5, 0.6) is 0 Å². The number of hydrogen-bond acceptors (Lipinski definition) is 8. The molecule has 0 radical (unpaired) electrons. The molecular weight excluding hydrogens is 1170 g/mol. The Hall–Kier alpha value is -2.29. The van der Waals surface area contributed by atoms with Gasteiger partial charge in [0.05, 0.1) is 0 Å². The fraction of sp³-hybridized carbons (Fsp3) is 0.833. The van der Waals surface area contributed by atoms with E-state index in [1.54, 1.807) is 0 Å². The zero-order valence-corrected chi connectivity index (χ0v) is 57.6. The largest absolute Gasteiger partial charge is 4.00 e. The second kappa shape index (κ2) is 84.2. The molecule has 0 aliphatic heterocycles. The Bertz CT molecular complexity index is 1140. The van der Waals surface area contributed by atoms with Crippen molar-refractivity contribution in [1.29, 1.82) is 0 Å². The second-order valence-electron chi connectivity index (χ2n) is 22.8. The molecule has 0 aromatic rings. The third kappa shape index (κ3) is 103. The third-order valence-electron chi connectivity index (χ3n) is 14.6. The molecule has 81 heavy (non-hydrogen) atoms. The zero-order chi connectivity index (χ0) is 59.6. The minimum Gasteiger partial charge on any atom is -0.550 e. The molecule has 8 nitrogen and oxygen atoms in total. The van der Waals surface area contributed by atoms with Crippen molar-refractivity contribution in [1.82, 2.24) is 0 Å². The molecule has 9 heteroatoms. The molecule has 0 aromatic heterocycles. The van der Waals surface area contributed by atoms with Gasteiger partial charge in [-0.3, -0.25) is 0 Å². The molecule has 0 unspecified atom stereocenters. The van der Waals surface area contributed by atoms with Crippen LogP contribution in [0.25, 0.3) is 0 Å². The molecule has 0 N–H and O–H groups in total. The Morgan fingerprint density at radius 1 is 0.198 bits per heavy atom. The molecule has 0 rings (SSSR count). The summed E-state index contributed by atoms with van der Waals surface area (Å²) in [6.07, 6.45) is 83.6. The molecule has 0 aromatic carbocycles. The van der Waals surface area contributed by atoms with E-state index in [0.717, 1.165) is 77.0 Å². The van der Waals surface area contributed by atoms with Crippen molar-refractivity contribution in [2.75, 3.05) is 0 Å². The Labute approximate surface area is 522 Å². The second-order valence-corrected chi connectivity index (χ2v) is 22.8. The number of unbranched alkanes of at least 4 members (excludes halogenated alkanes) is 44.